The number of carbonyl (C=O) groups excluding carboxylic acids is 1. The lowest BCUT2D eigenvalue weighted by atomic mass is 10.1. The smallest absolute Gasteiger partial charge is 0.261 e. The third-order valence-electron chi connectivity index (χ3n) is 3.97. The van der Waals surface area contributed by atoms with Crippen LogP contribution >= 0.6 is 0 Å². The fourth-order valence-electron chi connectivity index (χ4n) is 2.52. The average molecular weight is 391 g/mol. The number of hydrogen-bond donors (Lipinski definition) is 2. The number of hydrogen-bond acceptors (Lipinski definition) is 4. The fourth-order valence-corrected chi connectivity index (χ4v) is 3.59. The maximum absolute atomic E-state index is 12.4. The van der Waals surface area contributed by atoms with Gasteiger partial charge < -0.3 is 5.32 Å². The Balaban J connectivity index is 1.68. The fraction of sp³-hybridized carbons (Fsp3) is 0.0476. The van der Waals surface area contributed by atoms with Gasteiger partial charge in [-0.1, -0.05) is 36.4 Å². The Morgan fingerprint density at radius 2 is 1.64 bits per heavy atom. The van der Waals surface area contributed by atoms with Gasteiger partial charge in [0.25, 0.3) is 15.9 Å². The van der Waals surface area contributed by atoms with Crippen molar-refractivity contribution in [1.29, 1.82) is 5.26 Å². The number of nitriles is 1. The number of sulfonamides is 1. The summed E-state index contributed by atoms with van der Waals surface area (Å²) in [5, 5.41) is 11.6. The van der Waals surface area contributed by atoms with Crippen LogP contribution in [0, 0.1) is 11.3 Å². The Bertz CT molecular complexity index is 1120. The maximum atomic E-state index is 12.4. The first kappa shape index (κ1) is 19.1. The highest BCUT2D eigenvalue weighted by atomic mass is 32.2. The molecule has 0 aromatic heterocycles. The van der Waals surface area contributed by atoms with Gasteiger partial charge in [-0.3, -0.25) is 9.52 Å². The Hall–Kier alpha value is -3.63. The summed E-state index contributed by atoms with van der Waals surface area (Å²) in [5.41, 5.74) is 2.04. The standard InChI is InChI=1S/C21H17N3O3S/c22-14-16-9-11-17(12-10-16)15-23-21(25)18-5-4-6-19(13-18)24-28(26,27)20-7-2-1-3-8-20/h1-13,24H,15H2,(H,23,25). The van der Waals surface area contributed by atoms with Crippen molar-refractivity contribution >= 4 is 21.6 Å². The molecular formula is C21H17N3O3S. The van der Waals surface area contributed by atoms with Crippen LogP contribution in [-0.2, 0) is 16.6 Å². The van der Waals surface area contributed by atoms with Crippen molar-refractivity contribution in [3.8, 4) is 6.07 Å². The Labute approximate surface area is 163 Å². The second kappa shape index (κ2) is 8.37. The first-order valence-electron chi connectivity index (χ1n) is 8.43. The van der Waals surface area contributed by atoms with Gasteiger partial charge in [0, 0.05) is 17.8 Å². The largest absolute Gasteiger partial charge is 0.348 e. The van der Waals surface area contributed by atoms with E-state index in [1.807, 2.05) is 6.07 Å². The van der Waals surface area contributed by atoms with E-state index in [1.165, 1.54) is 18.2 Å². The molecule has 7 heteroatoms. The van der Waals surface area contributed by atoms with E-state index in [0.717, 1.165) is 5.56 Å². The van der Waals surface area contributed by atoms with Crippen molar-refractivity contribution in [2.24, 2.45) is 0 Å². The van der Waals surface area contributed by atoms with Gasteiger partial charge in [-0.25, -0.2) is 8.42 Å². The minimum atomic E-state index is -3.73. The molecule has 28 heavy (non-hydrogen) atoms. The number of carbonyl (C=O) groups is 1. The molecule has 0 radical (unpaired) electrons. The van der Waals surface area contributed by atoms with Crippen molar-refractivity contribution < 1.29 is 13.2 Å². The van der Waals surface area contributed by atoms with Crippen LogP contribution in [0.15, 0.2) is 83.8 Å². The van der Waals surface area contributed by atoms with Crippen LogP contribution in [0.2, 0.25) is 0 Å². The van der Waals surface area contributed by atoms with Crippen LogP contribution in [0.1, 0.15) is 21.5 Å². The molecule has 140 valence electrons. The quantitative estimate of drug-likeness (QED) is 0.673. The molecule has 0 aliphatic heterocycles. The van der Waals surface area contributed by atoms with E-state index >= 15 is 0 Å². The highest BCUT2D eigenvalue weighted by Gasteiger charge is 2.14. The molecular weight excluding hydrogens is 374 g/mol. The predicted octanol–water partition coefficient (Wildman–Crippen LogP) is 3.29. The van der Waals surface area contributed by atoms with E-state index in [9.17, 15) is 13.2 Å². The van der Waals surface area contributed by atoms with Gasteiger partial charge in [-0.05, 0) is 48.0 Å². The van der Waals surface area contributed by atoms with E-state index in [0.29, 0.717) is 23.4 Å². The van der Waals surface area contributed by atoms with Crippen molar-refractivity contribution in [3.63, 3.8) is 0 Å². The summed E-state index contributed by atoms with van der Waals surface area (Å²) in [5.74, 6) is -0.329. The molecule has 1 amide bonds. The third kappa shape index (κ3) is 4.75. The van der Waals surface area contributed by atoms with Crippen LogP contribution in [0.25, 0.3) is 0 Å². The molecule has 0 saturated heterocycles. The van der Waals surface area contributed by atoms with E-state index in [1.54, 1.807) is 60.7 Å². The topological polar surface area (TPSA) is 99.1 Å². The molecule has 3 aromatic carbocycles. The normalized spacial score (nSPS) is 10.7. The number of amides is 1. The molecule has 0 atom stereocenters. The van der Waals surface area contributed by atoms with Gasteiger partial charge in [0.2, 0.25) is 0 Å². The van der Waals surface area contributed by atoms with Crippen molar-refractivity contribution in [1.82, 2.24) is 5.32 Å². The van der Waals surface area contributed by atoms with Gasteiger partial charge in [0.05, 0.1) is 16.5 Å². The van der Waals surface area contributed by atoms with Crippen LogP contribution in [0.3, 0.4) is 0 Å². The molecule has 0 aliphatic carbocycles. The van der Waals surface area contributed by atoms with E-state index in [4.69, 9.17) is 5.26 Å². The number of rotatable bonds is 6. The van der Waals surface area contributed by atoms with Gasteiger partial charge in [-0.15, -0.1) is 0 Å². The molecule has 3 aromatic rings. The highest BCUT2D eigenvalue weighted by molar-refractivity contribution is 7.92. The number of anilines is 1. The van der Waals surface area contributed by atoms with Crippen LogP contribution in [0.5, 0.6) is 0 Å². The third-order valence-corrected chi connectivity index (χ3v) is 5.36. The molecule has 6 nitrogen and oxygen atoms in total. The second-order valence-electron chi connectivity index (χ2n) is 5.99. The SMILES string of the molecule is N#Cc1ccc(CNC(=O)c2cccc(NS(=O)(=O)c3ccccc3)c2)cc1. The van der Waals surface area contributed by atoms with Crippen LogP contribution in [-0.4, -0.2) is 14.3 Å². The number of nitrogens with zero attached hydrogens (tertiary/aromatic N) is 1. The first-order chi connectivity index (χ1) is 13.5. The zero-order chi connectivity index (χ0) is 20.0. The van der Waals surface area contributed by atoms with Gasteiger partial charge >= 0.3 is 0 Å². The minimum absolute atomic E-state index is 0.144. The molecule has 0 unspecified atom stereocenters. The summed E-state index contributed by atoms with van der Waals surface area (Å²) in [6.45, 7) is 0.296. The van der Waals surface area contributed by atoms with E-state index < -0.39 is 10.0 Å². The molecule has 0 aliphatic rings. The minimum Gasteiger partial charge on any atom is -0.348 e. The molecule has 0 fully saturated rings. The summed E-state index contributed by atoms with van der Waals surface area (Å²) in [4.78, 5) is 12.5. The van der Waals surface area contributed by atoms with E-state index in [2.05, 4.69) is 10.0 Å². The summed E-state index contributed by atoms with van der Waals surface area (Å²) in [6, 6.07) is 23.2. The summed E-state index contributed by atoms with van der Waals surface area (Å²) >= 11 is 0. The molecule has 0 saturated carbocycles. The van der Waals surface area contributed by atoms with E-state index in [-0.39, 0.29) is 10.8 Å². The number of nitrogens with one attached hydrogen (secondary N) is 2. The molecule has 0 bridgehead atoms. The van der Waals surface area contributed by atoms with Gasteiger partial charge in [0.15, 0.2) is 0 Å². The predicted molar refractivity (Wildman–Crippen MR) is 106 cm³/mol. The van der Waals surface area contributed by atoms with Crippen LogP contribution in [0.4, 0.5) is 5.69 Å². The highest BCUT2D eigenvalue weighted by Crippen LogP contribution is 2.17. The monoisotopic (exact) mass is 391 g/mol. The molecule has 2 N–H and O–H groups in total. The molecule has 0 heterocycles. The molecule has 3 rings (SSSR count). The van der Waals surface area contributed by atoms with Crippen LogP contribution < -0.4 is 10.0 Å². The van der Waals surface area contributed by atoms with Gasteiger partial charge in [0.1, 0.15) is 0 Å². The average Bonchev–Trinajstić information content (AvgIpc) is 2.73. The summed E-state index contributed by atoms with van der Waals surface area (Å²) in [7, 11) is -3.73. The second-order valence-corrected chi connectivity index (χ2v) is 7.67. The Morgan fingerprint density at radius 1 is 0.929 bits per heavy atom. The molecule has 0 spiro atoms. The van der Waals surface area contributed by atoms with Crippen molar-refractivity contribution in [3.05, 3.63) is 95.6 Å². The number of benzene rings is 3. The lowest BCUT2D eigenvalue weighted by Crippen LogP contribution is -2.23. The van der Waals surface area contributed by atoms with Crippen molar-refractivity contribution in [2.45, 2.75) is 11.4 Å². The summed E-state index contributed by atoms with van der Waals surface area (Å²) in [6.07, 6.45) is 0. The van der Waals surface area contributed by atoms with Crippen molar-refractivity contribution in [2.75, 3.05) is 4.72 Å². The zero-order valence-electron chi connectivity index (χ0n) is 14.8. The summed E-state index contributed by atoms with van der Waals surface area (Å²) < 4.78 is 27.3. The maximum Gasteiger partial charge on any atom is 0.261 e. The lowest BCUT2D eigenvalue weighted by Gasteiger charge is -2.10. The lowest BCUT2D eigenvalue weighted by molar-refractivity contribution is 0.0951. The van der Waals surface area contributed by atoms with Gasteiger partial charge in [-0.2, -0.15) is 5.26 Å². The Morgan fingerprint density at radius 3 is 2.32 bits per heavy atom. The zero-order valence-corrected chi connectivity index (χ0v) is 15.6. The first-order valence-corrected chi connectivity index (χ1v) is 9.91. The Kier molecular flexibility index (Phi) is 5.72.